The first-order chi connectivity index (χ1) is 7.15. The van der Waals surface area contributed by atoms with Crippen LogP contribution in [0.25, 0.3) is 0 Å². The second kappa shape index (κ2) is 3.85. The van der Waals surface area contributed by atoms with Crippen LogP contribution in [0.2, 0.25) is 0 Å². The number of likely N-dealkylation sites (tertiary alicyclic amines) is 1. The highest BCUT2D eigenvalue weighted by atomic mass is 16.2. The second-order valence-electron chi connectivity index (χ2n) is 3.76. The molecule has 0 bridgehead atoms. The normalized spacial score (nSPS) is 21.8. The Hall–Kier alpha value is -1.63. The topological polar surface area (TPSA) is 99.9 Å². The maximum atomic E-state index is 11.6. The maximum Gasteiger partial charge on any atom is 0.288 e. The number of aromatic amines is 1. The van der Waals surface area contributed by atoms with Crippen LogP contribution in [-0.4, -0.2) is 52.2 Å². The molecule has 2 heterocycles. The number of carbonyl (C=O) groups excluding carboxylic acids is 1. The lowest BCUT2D eigenvalue weighted by Gasteiger charge is -2.11. The first-order valence-corrected chi connectivity index (χ1v) is 4.82. The van der Waals surface area contributed by atoms with E-state index >= 15 is 0 Å². The third kappa shape index (κ3) is 2.24. The zero-order chi connectivity index (χ0) is 10.8. The van der Waals surface area contributed by atoms with Gasteiger partial charge in [-0.15, -0.1) is 5.10 Å². The molecule has 15 heavy (non-hydrogen) atoms. The van der Waals surface area contributed by atoms with Crippen molar-refractivity contribution in [1.82, 2.24) is 25.4 Å². The van der Waals surface area contributed by atoms with Gasteiger partial charge in [0.05, 0.1) is 0 Å². The average Bonchev–Trinajstić information content (AvgIpc) is 2.75. The largest absolute Gasteiger partial charge is 0.366 e. The van der Waals surface area contributed by atoms with Crippen molar-refractivity contribution in [3.8, 4) is 0 Å². The molecule has 1 saturated heterocycles. The Morgan fingerprint density at radius 2 is 2.53 bits per heavy atom. The van der Waals surface area contributed by atoms with E-state index in [1.165, 1.54) is 0 Å². The number of likely N-dealkylation sites (N-methyl/N-ethyl adjacent to an activating group) is 1. The third-order valence-electron chi connectivity index (χ3n) is 2.44. The van der Waals surface area contributed by atoms with Crippen LogP contribution >= 0.6 is 0 Å². The van der Waals surface area contributed by atoms with Crippen LogP contribution in [0, 0.1) is 0 Å². The van der Waals surface area contributed by atoms with Gasteiger partial charge in [-0.25, -0.2) is 0 Å². The molecule has 0 spiro atoms. The molecule has 0 radical (unpaired) electrons. The minimum absolute atomic E-state index is 0.0867. The standard InChI is InChI=1S/C8H14N6O/c1-14-3-2-5(4-14)10-7(15)6-11-8(9)13-12-6/h5H,2-4H2,1H3,(H,10,15)(H3,9,11,12,13). The number of rotatable bonds is 2. The quantitative estimate of drug-likeness (QED) is 0.570. The van der Waals surface area contributed by atoms with Crippen LogP contribution in [0.15, 0.2) is 0 Å². The molecule has 1 aromatic rings. The van der Waals surface area contributed by atoms with E-state index in [1.54, 1.807) is 0 Å². The van der Waals surface area contributed by atoms with E-state index in [0.29, 0.717) is 0 Å². The molecular weight excluding hydrogens is 196 g/mol. The van der Waals surface area contributed by atoms with Crippen molar-refractivity contribution in [1.29, 1.82) is 0 Å². The van der Waals surface area contributed by atoms with E-state index < -0.39 is 0 Å². The van der Waals surface area contributed by atoms with E-state index in [1.807, 2.05) is 7.05 Å². The van der Waals surface area contributed by atoms with E-state index in [4.69, 9.17) is 5.73 Å². The van der Waals surface area contributed by atoms with Crippen LogP contribution in [0.4, 0.5) is 5.95 Å². The fourth-order valence-electron chi connectivity index (χ4n) is 1.68. The number of aromatic nitrogens is 3. The molecule has 1 atom stereocenters. The van der Waals surface area contributed by atoms with E-state index in [2.05, 4.69) is 25.4 Å². The monoisotopic (exact) mass is 210 g/mol. The Kier molecular flexibility index (Phi) is 2.55. The van der Waals surface area contributed by atoms with Crippen molar-refractivity contribution in [2.24, 2.45) is 0 Å². The van der Waals surface area contributed by atoms with Crippen molar-refractivity contribution in [2.75, 3.05) is 25.9 Å². The maximum absolute atomic E-state index is 11.6. The van der Waals surface area contributed by atoms with Gasteiger partial charge in [-0.2, -0.15) is 4.98 Å². The summed E-state index contributed by atoms with van der Waals surface area (Å²) in [6, 6.07) is 0.189. The van der Waals surface area contributed by atoms with Gasteiger partial charge in [-0.05, 0) is 20.0 Å². The molecule has 7 nitrogen and oxygen atoms in total. The van der Waals surface area contributed by atoms with E-state index in [0.717, 1.165) is 19.5 Å². The highest BCUT2D eigenvalue weighted by Gasteiger charge is 2.22. The van der Waals surface area contributed by atoms with E-state index in [-0.39, 0.29) is 23.7 Å². The Balaban J connectivity index is 1.92. The number of nitrogens with one attached hydrogen (secondary N) is 2. The highest BCUT2D eigenvalue weighted by Crippen LogP contribution is 2.06. The number of hydrogen-bond donors (Lipinski definition) is 3. The number of H-pyrrole nitrogens is 1. The molecule has 4 N–H and O–H groups in total. The first kappa shape index (κ1) is 9.91. The Bertz CT molecular complexity index is 362. The minimum Gasteiger partial charge on any atom is -0.366 e. The van der Waals surface area contributed by atoms with Crippen molar-refractivity contribution >= 4 is 11.9 Å². The lowest BCUT2D eigenvalue weighted by Crippen LogP contribution is -2.37. The van der Waals surface area contributed by atoms with Gasteiger partial charge in [0.15, 0.2) is 0 Å². The summed E-state index contributed by atoms with van der Waals surface area (Å²) in [5, 5.41) is 8.95. The predicted molar refractivity (Wildman–Crippen MR) is 54.2 cm³/mol. The number of anilines is 1. The fraction of sp³-hybridized carbons (Fsp3) is 0.625. The van der Waals surface area contributed by atoms with Gasteiger partial charge in [-0.1, -0.05) is 0 Å². The van der Waals surface area contributed by atoms with Gasteiger partial charge in [0.25, 0.3) is 5.91 Å². The van der Waals surface area contributed by atoms with Crippen LogP contribution < -0.4 is 11.1 Å². The van der Waals surface area contributed by atoms with Gasteiger partial charge in [-0.3, -0.25) is 9.89 Å². The van der Waals surface area contributed by atoms with Crippen molar-refractivity contribution in [3.63, 3.8) is 0 Å². The molecule has 7 heteroatoms. The number of nitrogen functional groups attached to an aromatic ring is 1. The summed E-state index contributed by atoms with van der Waals surface area (Å²) >= 11 is 0. The molecule has 0 aromatic carbocycles. The molecule has 0 saturated carbocycles. The predicted octanol–water partition coefficient (Wildman–Crippen LogP) is -1.18. The molecule has 0 aliphatic carbocycles. The Morgan fingerprint density at radius 3 is 3.07 bits per heavy atom. The Labute approximate surface area is 87.0 Å². The number of hydrogen-bond acceptors (Lipinski definition) is 5. The lowest BCUT2D eigenvalue weighted by atomic mass is 10.2. The summed E-state index contributed by atoms with van der Waals surface area (Å²) < 4.78 is 0. The molecule has 1 aromatic heterocycles. The van der Waals surface area contributed by atoms with E-state index in [9.17, 15) is 4.79 Å². The summed E-state index contributed by atoms with van der Waals surface area (Å²) in [6.45, 7) is 1.87. The zero-order valence-electron chi connectivity index (χ0n) is 8.53. The summed E-state index contributed by atoms with van der Waals surface area (Å²) in [7, 11) is 2.03. The molecular formula is C8H14N6O. The van der Waals surface area contributed by atoms with Crippen LogP contribution in [0.1, 0.15) is 17.0 Å². The van der Waals surface area contributed by atoms with Gasteiger partial charge in [0.1, 0.15) is 0 Å². The van der Waals surface area contributed by atoms with Crippen LogP contribution in [0.3, 0.4) is 0 Å². The highest BCUT2D eigenvalue weighted by molar-refractivity contribution is 5.90. The zero-order valence-corrected chi connectivity index (χ0v) is 8.53. The minimum atomic E-state index is -0.250. The van der Waals surface area contributed by atoms with Crippen molar-refractivity contribution in [3.05, 3.63) is 5.82 Å². The molecule has 1 fully saturated rings. The SMILES string of the molecule is CN1CCC(NC(=O)c2nc(N)n[nH]2)C1. The summed E-state index contributed by atoms with van der Waals surface area (Å²) in [5.41, 5.74) is 5.30. The van der Waals surface area contributed by atoms with Gasteiger partial charge >= 0.3 is 0 Å². The second-order valence-corrected chi connectivity index (χ2v) is 3.76. The number of nitrogens with two attached hydrogens (primary N) is 1. The average molecular weight is 210 g/mol. The number of nitrogens with zero attached hydrogens (tertiary/aromatic N) is 3. The smallest absolute Gasteiger partial charge is 0.288 e. The van der Waals surface area contributed by atoms with Gasteiger partial charge in [0.2, 0.25) is 11.8 Å². The summed E-state index contributed by atoms with van der Waals surface area (Å²) in [6.07, 6.45) is 0.964. The van der Waals surface area contributed by atoms with Crippen LogP contribution in [0.5, 0.6) is 0 Å². The number of carbonyl (C=O) groups is 1. The fourth-order valence-corrected chi connectivity index (χ4v) is 1.68. The van der Waals surface area contributed by atoms with Crippen LogP contribution in [-0.2, 0) is 0 Å². The number of amides is 1. The van der Waals surface area contributed by atoms with Gasteiger partial charge in [0, 0.05) is 12.6 Å². The first-order valence-electron chi connectivity index (χ1n) is 4.82. The lowest BCUT2D eigenvalue weighted by molar-refractivity contribution is 0.0928. The molecule has 1 aliphatic rings. The molecule has 2 rings (SSSR count). The summed E-state index contributed by atoms with van der Waals surface area (Å²) in [4.78, 5) is 17.5. The van der Waals surface area contributed by atoms with Gasteiger partial charge < -0.3 is 16.0 Å². The third-order valence-corrected chi connectivity index (χ3v) is 2.44. The molecule has 1 amide bonds. The van der Waals surface area contributed by atoms with Crippen molar-refractivity contribution in [2.45, 2.75) is 12.5 Å². The Morgan fingerprint density at radius 1 is 1.73 bits per heavy atom. The van der Waals surface area contributed by atoms with Crippen molar-refractivity contribution < 1.29 is 4.79 Å². The molecule has 1 unspecified atom stereocenters. The molecule has 1 aliphatic heterocycles. The molecule has 82 valence electrons. The summed E-state index contributed by atoms with van der Waals surface area (Å²) in [5.74, 6) is 0.00485.